The van der Waals surface area contributed by atoms with Crippen LogP contribution in [0, 0.1) is 18.6 Å². The SMILES string of the molecule is COc1ccc(-c2cc(/C(C)=N/OCc3ccccc3F)c(C)n2-c2ccccc2F)cc1. The standard InChI is InChI=1S/C27H24F2N2O2/c1-18(30-33-17-21-8-4-5-9-24(21)28)23-16-27(20-12-14-22(32-3)15-13-20)31(19(23)2)26-11-7-6-10-25(26)29/h4-16H,17H2,1-3H3/b30-18+. The summed E-state index contributed by atoms with van der Waals surface area (Å²) in [5.74, 6) is 0.0657. The van der Waals surface area contributed by atoms with Gasteiger partial charge in [-0.1, -0.05) is 35.5 Å². The van der Waals surface area contributed by atoms with E-state index >= 15 is 0 Å². The number of benzene rings is 3. The third-order valence-electron chi connectivity index (χ3n) is 5.50. The summed E-state index contributed by atoms with van der Waals surface area (Å²) in [5.41, 5.74) is 4.78. The molecule has 0 aliphatic heterocycles. The molecule has 1 aromatic heterocycles. The van der Waals surface area contributed by atoms with Crippen molar-refractivity contribution < 1.29 is 18.4 Å². The van der Waals surface area contributed by atoms with Gasteiger partial charge < -0.3 is 14.1 Å². The summed E-state index contributed by atoms with van der Waals surface area (Å²) in [6.45, 7) is 3.74. The molecule has 0 aliphatic rings. The first kappa shape index (κ1) is 22.3. The van der Waals surface area contributed by atoms with Crippen molar-refractivity contribution >= 4 is 5.71 Å². The van der Waals surface area contributed by atoms with Gasteiger partial charge in [0.1, 0.15) is 24.0 Å². The number of para-hydroxylation sites is 1. The van der Waals surface area contributed by atoms with Gasteiger partial charge in [-0.25, -0.2) is 8.78 Å². The van der Waals surface area contributed by atoms with Gasteiger partial charge in [-0.15, -0.1) is 0 Å². The van der Waals surface area contributed by atoms with Crippen molar-refractivity contribution in [3.8, 4) is 22.7 Å². The maximum atomic E-state index is 14.8. The van der Waals surface area contributed by atoms with Gasteiger partial charge in [-0.2, -0.15) is 0 Å². The Morgan fingerprint density at radius 1 is 0.909 bits per heavy atom. The zero-order chi connectivity index (χ0) is 23.4. The maximum Gasteiger partial charge on any atom is 0.147 e. The number of halogens is 2. The summed E-state index contributed by atoms with van der Waals surface area (Å²) >= 11 is 0. The van der Waals surface area contributed by atoms with Crippen LogP contribution in [0.25, 0.3) is 16.9 Å². The fraction of sp³-hybridized carbons (Fsp3) is 0.148. The summed E-state index contributed by atoms with van der Waals surface area (Å²) in [4.78, 5) is 5.43. The number of nitrogens with zero attached hydrogens (tertiary/aromatic N) is 2. The minimum absolute atomic E-state index is 0.0163. The van der Waals surface area contributed by atoms with Crippen molar-refractivity contribution in [2.75, 3.05) is 7.11 Å². The van der Waals surface area contributed by atoms with Gasteiger partial charge in [0, 0.05) is 16.8 Å². The second kappa shape index (κ2) is 9.69. The van der Waals surface area contributed by atoms with Gasteiger partial charge in [0.25, 0.3) is 0 Å². The van der Waals surface area contributed by atoms with Crippen molar-refractivity contribution in [2.24, 2.45) is 5.16 Å². The van der Waals surface area contributed by atoms with Crippen LogP contribution in [0.15, 0.2) is 84.0 Å². The zero-order valence-electron chi connectivity index (χ0n) is 18.7. The Morgan fingerprint density at radius 2 is 1.58 bits per heavy atom. The number of hydrogen-bond acceptors (Lipinski definition) is 3. The summed E-state index contributed by atoms with van der Waals surface area (Å²) in [6, 6.07) is 22.6. The molecule has 0 bridgehead atoms. The molecule has 0 aliphatic carbocycles. The number of hydrogen-bond donors (Lipinski definition) is 0. The van der Waals surface area contributed by atoms with E-state index in [9.17, 15) is 8.78 Å². The average molecular weight is 446 g/mol. The van der Waals surface area contributed by atoms with Gasteiger partial charge >= 0.3 is 0 Å². The van der Waals surface area contributed by atoms with Gasteiger partial charge in [0.05, 0.1) is 24.2 Å². The summed E-state index contributed by atoms with van der Waals surface area (Å²) in [6.07, 6.45) is 0. The summed E-state index contributed by atoms with van der Waals surface area (Å²) in [7, 11) is 1.61. The molecule has 4 aromatic rings. The second-order valence-corrected chi connectivity index (χ2v) is 7.59. The van der Waals surface area contributed by atoms with E-state index in [1.807, 2.05) is 48.7 Å². The van der Waals surface area contributed by atoms with Crippen LogP contribution >= 0.6 is 0 Å². The van der Waals surface area contributed by atoms with E-state index in [0.717, 1.165) is 28.3 Å². The van der Waals surface area contributed by atoms with Crippen LogP contribution in [-0.2, 0) is 11.4 Å². The maximum absolute atomic E-state index is 14.8. The number of rotatable bonds is 7. The second-order valence-electron chi connectivity index (χ2n) is 7.59. The van der Waals surface area contributed by atoms with E-state index in [-0.39, 0.29) is 18.2 Å². The molecule has 1 heterocycles. The molecule has 168 valence electrons. The Balaban J connectivity index is 1.74. The predicted octanol–water partition coefficient (Wildman–Crippen LogP) is 6.68. The average Bonchev–Trinajstić information content (AvgIpc) is 3.17. The Hall–Kier alpha value is -3.93. The molecule has 4 nitrogen and oxygen atoms in total. The molecule has 0 amide bonds. The first-order valence-corrected chi connectivity index (χ1v) is 10.5. The Bertz CT molecular complexity index is 1290. The molecule has 0 saturated carbocycles. The van der Waals surface area contributed by atoms with E-state index in [1.54, 1.807) is 43.5 Å². The van der Waals surface area contributed by atoms with Crippen molar-refractivity contribution in [2.45, 2.75) is 20.5 Å². The number of methoxy groups -OCH3 is 1. The van der Waals surface area contributed by atoms with E-state index in [0.29, 0.717) is 17.0 Å². The van der Waals surface area contributed by atoms with E-state index < -0.39 is 0 Å². The molecule has 3 aromatic carbocycles. The zero-order valence-corrected chi connectivity index (χ0v) is 18.7. The minimum Gasteiger partial charge on any atom is -0.497 e. The van der Waals surface area contributed by atoms with Gasteiger partial charge in [-0.05, 0) is 67.9 Å². The highest BCUT2D eigenvalue weighted by Crippen LogP contribution is 2.32. The normalized spacial score (nSPS) is 11.5. The molecule has 0 radical (unpaired) electrons. The molecule has 33 heavy (non-hydrogen) atoms. The predicted molar refractivity (Wildman–Crippen MR) is 126 cm³/mol. The molecular formula is C27H24F2N2O2. The van der Waals surface area contributed by atoms with E-state index in [4.69, 9.17) is 9.57 Å². The fourth-order valence-electron chi connectivity index (χ4n) is 3.75. The summed E-state index contributed by atoms with van der Waals surface area (Å²) in [5, 5.41) is 4.21. The van der Waals surface area contributed by atoms with Crippen molar-refractivity contribution in [1.82, 2.24) is 4.57 Å². The molecule has 0 N–H and O–H groups in total. The minimum atomic E-state index is -0.339. The quantitative estimate of drug-likeness (QED) is 0.234. The Labute approximate surface area is 191 Å². The van der Waals surface area contributed by atoms with Crippen molar-refractivity contribution in [3.63, 3.8) is 0 Å². The Kier molecular flexibility index (Phi) is 6.54. The Morgan fingerprint density at radius 3 is 2.24 bits per heavy atom. The third-order valence-corrected chi connectivity index (χ3v) is 5.50. The molecule has 4 rings (SSSR count). The smallest absolute Gasteiger partial charge is 0.147 e. The number of aromatic nitrogens is 1. The molecule has 0 unspecified atom stereocenters. The van der Waals surface area contributed by atoms with Gasteiger partial charge in [0.15, 0.2) is 0 Å². The lowest BCUT2D eigenvalue weighted by Gasteiger charge is -2.13. The van der Waals surface area contributed by atoms with Gasteiger partial charge in [0.2, 0.25) is 0 Å². The fourth-order valence-corrected chi connectivity index (χ4v) is 3.75. The first-order chi connectivity index (χ1) is 16.0. The van der Waals surface area contributed by atoms with E-state index in [2.05, 4.69) is 5.16 Å². The van der Waals surface area contributed by atoms with Crippen LogP contribution < -0.4 is 4.74 Å². The van der Waals surface area contributed by atoms with Crippen LogP contribution in [-0.4, -0.2) is 17.4 Å². The number of ether oxygens (including phenoxy) is 1. The molecule has 0 fully saturated rings. The van der Waals surface area contributed by atoms with E-state index in [1.165, 1.54) is 12.1 Å². The highest BCUT2D eigenvalue weighted by atomic mass is 19.1. The van der Waals surface area contributed by atoms with Crippen LogP contribution in [0.1, 0.15) is 23.7 Å². The van der Waals surface area contributed by atoms with Crippen LogP contribution in [0.4, 0.5) is 8.78 Å². The molecule has 0 spiro atoms. The molecule has 0 atom stereocenters. The van der Waals surface area contributed by atoms with Gasteiger partial charge in [-0.3, -0.25) is 0 Å². The topological polar surface area (TPSA) is 35.8 Å². The summed E-state index contributed by atoms with van der Waals surface area (Å²) < 4.78 is 35.8. The molecule has 0 saturated heterocycles. The van der Waals surface area contributed by atoms with Crippen molar-refractivity contribution in [3.05, 3.63) is 107 Å². The van der Waals surface area contributed by atoms with Crippen molar-refractivity contribution in [1.29, 1.82) is 0 Å². The number of oxime groups is 1. The van der Waals surface area contributed by atoms with Crippen LogP contribution in [0.2, 0.25) is 0 Å². The van der Waals surface area contributed by atoms with Crippen LogP contribution in [0.5, 0.6) is 5.75 Å². The molecular weight excluding hydrogens is 422 g/mol. The lowest BCUT2D eigenvalue weighted by Crippen LogP contribution is -2.04. The highest BCUT2D eigenvalue weighted by molar-refractivity contribution is 6.01. The first-order valence-electron chi connectivity index (χ1n) is 10.5. The lowest BCUT2D eigenvalue weighted by molar-refractivity contribution is 0.128. The third kappa shape index (κ3) is 4.65. The largest absolute Gasteiger partial charge is 0.497 e. The lowest BCUT2D eigenvalue weighted by atomic mass is 10.1. The highest BCUT2D eigenvalue weighted by Gasteiger charge is 2.19. The van der Waals surface area contributed by atoms with Crippen LogP contribution in [0.3, 0.4) is 0 Å². The monoisotopic (exact) mass is 446 g/mol. The molecule has 6 heteroatoms.